The molecule has 0 spiro atoms. The van der Waals surface area contributed by atoms with Crippen molar-refractivity contribution in [1.82, 2.24) is 0 Å². The van der Waals surface area contributed by atoms with Gasteiger partial charge in [-0.15, -0.1) is 0 Å². The maximum Gasteiger partial charge on any atom is 0.0702 e. The molecule has 0 saturated heterocycles. The number of nitrogens with two attached hydrogens (primary N) is 1. The molecule has 13 heavy (non-hydrogen) atoms. The van der Waals surface area contributed by atoms with Gasteiger partial charge in [0.25, 0.3) is 0 Å². The molecule has 0 radical (unpaired) electrons. The molecule has 1 rings (SSSR count). The average Bonchev–Trinajstić information content (AvgIpc) is 2.09. The maximum atomic E-state index is 9.35. The van der Waals surface area contributed by atoms with Gasteiger partial charge in [0, 0.05) is 11.6 Å². The first-order valence-corrected chi connectivity index (χ1v) is 4.64. The highest BCUT2D eigenvalue weighted by Gasteiger charge is 2.05. The normalized spacial score (nSPS) is 12.9. The molecule has 0 aliphatic carbocycles. The summed E-state index contributed by atoms with van der Waals surface area (Å²) >= 11 is 5.80. The van der Waals surface area contributed by atoms with Crippen molar-refractivity contribution in [3.8, 4) is 0 Å². The fourth-order valence-corrected chi connectivity index (χ4v) is 1.45. The molecule has 1 atom stereocenters. The summed E-state index contributed by atoms with van der Waals surface area (Å²) in [4.78, 5) is 0. The van der Waals surface area contributed by atoms with Crippen LogP contribution >= 0.6 is 11.6 Å². The summed E-state index contributed by atoms with van der Waals surface area (Å²) < 4.78 is 0. The number of halogens is 1. The predicted octanol–water partition coefficient (Wildman–Crippen LogP) is 1.51. The van der Waals surface area contributed by atoms with E-state index in [1.807, 2.05) is 25.1 Å². The van der Waals surface area contributed by atoms with E-state index in [0.717, 1.165) is 16.1 Å². The lowest BCUT2D eigenvalue weighted by Gasteiger charge is -2.10. The monoisotopic (exact) mass is 199 g/mol. The van der Waals surface area contributed by atoms with Crippen LogP contribution in [0.5, 0.6) is 0 Å². The zero-order chi connectivity index (χ0) is 9.84. The largest absolute Gasteiger partial charge is 0.391 e. The SMILES string of the molecule is Cc1cc(Cl)ccc1CC(O)CN. The van der Waals surface area contributed by atoms with E-state index in [2.05, 4.69) is 0 Å². The van der Waals surface area contributed by atoms with Gasteiger partial charge in [-0.25, -0.2) is 0 Å². The van der Waals surface area contributed by atoms with E-state index in [1.165, 1.54) is 0 Å². The Bertz CT molecular complexity index is 288. The molecule has 0 heterocycles. The molecular weight excluding hydrogens is 186 g/mol. The molecule has 0 bridgehead atoms. The van der Waals surface area contributed by atoms with Gasteiger partial charge >= 0.3 is 0 Å². The summed E-state index contributed by atoms with van der Waals surface area (Å²) in [5.41, 5.74) is 7.52. The second kappa shape index (κ2) is 4.61. The van der Waals surface area contributed by atoms with Crippen molar-refractivity contribution in [2.24, 2.45) is 5.73 Å². The zero-order valence-electron chi connectivity index (χ0n) is 7.63. The molecule has 1 unspecified atom stereocenters. The molecule has 72 valence electrons. The molecule has 2 nitrogen and oxygen atoms in total. The first-order chi connectivity index (χ1) is 6.13. The van der Waals surface area contributed by atoms with Crippen molar-refractivity contribution in [2.75, 3.05) is 6.54 Å². The fraction of sp³-hybridized carbons (Fsp3) is 0.400. The van der Waals surface area contributed by atoms with Gasteiger partial charge in [0.05, 0.1) is 6.10 Å². The summed E-state index contributed by atoms with van der Waals surface area (Å²) in [5.74, 6) is 0. The number of aliphatic hydroxyl groups is 1. The molecule has 3 N–H and O–H groups in total. The highest BCUT2D eigenvalue weighted by Crippen LogP contribution is 2.16. The molecule has 1 aromatic carbocycles. The highest BCUT2D eigenvalue weighted by molar-refractivity contribution is 6.30. The Morgan fingerprint density at radius 1 is 1.54 bits per heavy atom. The van der Waals surface area contributed by atoms with Crippen LogP contribution in [0, 0.1) is 6.92 Å². The van der Waals surface area contributed by atoms with E-state index < -0.39 is 6.10 Å². The number of hydrogen-bond acceptors (Lipinski definition) is 2. The second-order valence-electron chi connectivity index (χ2n) is 3.16. The molecule has 0 fully saturated rings. The number of aliphatic hydroxyl groups excluding tert-OH is 1. The molecule has 3 heteroatoms. The molecule has 0 aliphatic rings. The van der Waals surface area contributed by atoms with Crippen LogP contribution in [0.15, 0.2) is 18.2 Å². The Kier molecular flexibility index (Phi) is 3.72. The van der Waals surface area contributed by atoms with Gasteiger partial charge in [-0.1, -0.05) is 17.7 Å². The zero-order valence-corrected chi connectivity index (χ0v) is 8.38. The lowest BCUT2D eigenvalue weighted by molar-refractivity contribution is 0.183. The number of aryl methyl sites for hydroxylation is 1. The Morgan fingerprint density at radius 2 is 2.23 bits per heavy atom. The van der Waals surface area contributed by atoms with Gasteiger partial charge in [-0.05, 0) is 36.6 Å². The van der Waals surface area contributed by atoms with Crippen molar-refractivity contribution >= 4 is 11.6 Å². The first kappa shape index (κ1) is 10.5. The van der Waals surface area contributed by atoms with E-state index in [-0.39, 0.29) is 0 Å². The van der Waals surface area contributed by atoms with E-state index >= 15 is 0 Å². The van der Waals surface area contributed by atoms with Crippen molar-refractivity contribution in [3.05, 3.63) is 34.3 Å². The summed E-state index contributed by atoms with van der Waals surface area (Å²) in [6, 6.07) is 5.64. The maximum absolute atomic E-state index is 9.35. The van der Waals surface area contributed by atoms with E-state index in [4.69, 9.17) is 17.3 Å². The van der Waals surface area contributed by atoms with Crippen LogP contribution in [0.4, 0.5) is 0 Å². The summed E-state index contributed by atoms with van der Waals surface area (Å²) in [6.07, 6.45) is 0.138. The number of rotatable bonds is 3. The van der Waals surface area contributed by atoms with Crippen molar-refractivity contribution in [1.29, 1.82) is 0 Å². The third kappa shape index (κ3) is 2.99. The molecule has 0 aliphatic heterocycles. The lowest BCUT2D eigenvalue weighted by Crippen LogP contribution is -2.22. The summed E-state index contributed by atoms with van der Waals surface area (Å²) in [6.45, 7) is 2.27. The third-order valence-corrected chi connectivity index (χ3v) is 2.27. The highest BCUT2D eigenvalue weighted by atomic mass is 35.5. The summed E-state index contributed by atoms with van der Waals surface area (Å²) in [7, 11) is 0. The van der Waals surface area contributed by atoms with Gasteiger partial charge in [-0.2, -0.15) is 0 Å². The van der Waals surface area contributed by atoms with E-state index in [1.54, 1.807) is 0 Å². The van der Waals surface area contributed by atoms with Crippen LogP contribution < -0.4 is 5.73 Å². The van der Waals surface area contributed by atoms with Crippen LogP contribution in [0.25, 0.3) is 0 Å². The minimum atomic E-state index is -0.458. The summed E-state index contributed by atoms with van der Waals surface area (Å²) in [5, 5.41) is 10.1. The smallest absolute Gasteiger partial charge is 0.0702 e. The minimum absolute atomic E-state index is 0.294. The van der Waals surface area contributed by atoms with Crippen molar-refractivity contribution in [3.63, 3.8) is 0 Å². The molecular formula is C10H14ClNO. The average molecular weight is 200 g/mol. The quantitative estimate of drug-likeness (QED) is 0.776. The predicted molar refractivity (Wildman–Crippen MR) is 55.0 cm³/mol. The van der Waals surface area contributed by atoms with Gasteiger partial charge in [0.2, 0.25) is 0 Å². The molecule has 0 aromatic heterocycles. The van der Waals surface area contributed by atoms with Crippen molar-refractivity contribution < 1.29 is 5.11 Å². The first-order valence-electron chi connectivity index (χ1n) is 4.26. The topological polar surface area (TPSA) is 46.2 Å². The molecule has 0 saturated carbocycles. The fourth-order valence-electron chi connectivity index (χ4n) is 1.23. The number of benzene rings is 1. The van der Waals surface area contributed by atoms with Crippen LogP contribution in [-0.2, 0) is 6.42 Å². The standard InChI is InChI=1S/C10H14ClNO/c1-7-4-9(11)3-2-8(7)5-10(13)6-12/h2-4,10,13H,5-6,12H2,1H3. The van der Waals surface area contributed by atoms with Crippen molar-refractivity contribution in [2.45, 2.75) is 19.4 Å². The van der Waals surface area contributed by atoms with E-state index in [9.17, 15) is 5.11 Å². The van der Waals surface area contributed by atoms with Gasteiger partial charge in [0.15, 0.2) is 0 Å². The van der Waals surface area contributed by atoms with Gasteiger partial charge in [0.1, 0.15) is 0 Å². The third-order valence-electron chi connectivity index (χ3n) is 2.03. The van der Waals surface area contributed by atoms with Crippen LogP contribution in [0.3, 0.4) is 0 Å². The Morgan fingerprint density at radius 3 is 2.77 bits per heavy atom. The Labute approximate surface area is 83.3 Å². The Balaban J connectivity index is 2.77. The van der Waals surface area contributed by atoms with Gasteiger partial charge < -0.3 is 10.8 Å². The van der Waals surface area contributed by atoms with Crippen LogP contribution in [0.2, 0.25) is 5.02 Å². The van der Waals surface area contributed by atoms with Crippen LogP contribution in [0.1, 0.15) is 11.1 Å². The second-order valence-corrected chi connectivity index (χ2v) is 3.60. The lowest BCUT2D eigenvalue weighted by atomic mass is 10.0. The molecule has 0 amide bonds. The van der Waals surface area contributed by atoms with Crippen LogP contribution in [-0.4, -0.2) is 17.8 Å². The minimum Gasteiger partial charge on any atom is -0.391 e. The Hall–Kier alpha value is -0.570. The number of hydrogen-bond donors (Lipinski definition) is 2. The van der Waals surface area contributed by atoms with Gasteiger partial charge in [-0.3, -0.25) is 0 Å². The molecule has 1 aromatic rings. The van der Waals surface area contributed by atoms with E-state index in [0.29, 0.717) is 13.0 Å².